The van der Waals surface area contributed by atoms with Crippen LogP contribution in [0.15, 0.2) is 18.2 Å². The Kier molecular flexibility index (Phi) is 4.32. The lowest BCUT2D eigenvalue weighted by Gasteiger charge is -2.40. The number of nitrogens with zero attached hydrogens (tertiary/aromatic N) is 1. The SMILES string of the molecule is CCC1COC(C)CN1c1ccc(C(=N)N)c(Cl)c1. The van der Waals surface area contributed by atoms with Crippen molar-refractivity contribution in [3.8, 4) is 0 Å². The first kappa shape index (κ1) is 14.2. The normalized spacial score (nSPS) is 23.4. The van der Waals surface area contributed by atoms with E-state index < -0.39 is 0 Å². The number of anilines is 1. The van der Waals surface area contributed by atoms with Crippen molar-refractivity contribution >= 4 is 23.1 Å². The predicted molar refractivity (Wildman–Crippen MR) is 79.3 cm³/mol. The van der Waals surface area contributed by atoms with Crippen molar-refractivity contribution in [3.05, 3.63) is 28.8 Å². The molecule has 3 N–H and O–H groups in total. The van der Waals surface area contributed by atoms with Gasteiger partial charge in [0, 0.05) is 17.8 Å². The van der Waals surface area contributed by atoms with Crippen LogP contribution in [0.1, 0.15) is 25.8 Å². The van der Waals surface area contributed by atoms with Crippen molar-refractivity contribution in [1.82, 2.24) is 0 Å². The van der Waals surface area contributed by atoms with E-state index in [1.165, 1.54) is 0 Å². The third kappa shape index (κ3) is 3.01. The fourth-order valence-electron chi connectivity index (χ4n) is 2.40. The number of morpholine rings is 1. The molecule has 104 valence electrons. The molecule has 1 aromatic carbocycles. The molecule has 0 spiro atoms. The smallest absolute Gasteiger partial charge is 0.124 e. The Bertz CT molecular complexity index is 478. The zero-order chi connectivity index (χ0) is 14.0. The summed E-state index contributed by atoms with van der Waals surface area (Å²) in [5.41, 5.74) is 7.13. The summed E-state index contributed by atoms with van der Waals surface area (Å²) in [5, 5.41) is 7.99. The fourth-order valence-corrected chi connectivity index (χ4v) is 2.68. The molecule has 0 radical (unpaired) electrons. The Morgan fingerprint density at radius 2 is 2.32 bits per heavy atom. The molecule has 4 nitrogen and oxygen atoms in total. The van der Waals surface area contributed by atoms with Gasteiger partial charge in [-0.05, 0) is 31.5 Å². The lowest BCUT2D eigenvalue weighted by atomic mass is 10.1. The maximum atomic E-state index is 7.46. The number of nitrogen functional groups attached to an aromatic ring is 1. The number of halogens is 1. The van der Waals surface area contributed by atoms with Gasteiger partial charge in [0.25, 0.3) is 0 Å². The van der Waals surface area contributed by atoms with Gasteiger partial charge in [0.1, 0.15) is 5.84 Å². The van der Waals surface area contributed by atoms with E-state index in [-0.39, 0.29) is 11.9 Å². The number of hydrogen-bond donors (Lipinski definition) is 2. The van der Waals surface area contributed by atoms with Crippen LogP contribution >= 0.6 is 11.6 Å². The highest BCUT2D eigenvalue weighted by Gasteiger charge is 2.26. The molecule has 2 atom stereocenters. The van der Waals surface area contributed by atoms with Gasteiger partial charge in [-0.15, -0.1) is 0 Å². The highest BCUT2D eigenvalue weighted by atomic mass is 35.5. The average molecular weight is 282 g/mol. The Balaban J connectivity index is 2.29. The van der Waals surface area contributed by atoms with Gasteiger partial charge in [-0.25, -0.2) is 0 Å². The van der Waals surface area contributed by atoms with Crippen molar-refractivity contribution in [1.29, 1.82) is 5.41 Å². The second-order valence-electron chi connectivity index (χ2n) is 4.94. The minimum Gasteiger partial charge on any atom is -0.384 e. The minimum atomic E-state index is -0.000984. The number of hydrogen-bond acceptors (Lipinski definition) is 3. The van der Waals surface area contributed by atoms with E-state index in [0.29, 0.717) is 16.6 Å². The van der Waals surface area contributed by atoms with Crippen molar-refractivity contribution in [2.75, 3.05) is 18.1 Å². The van der Waals surface area contributed by atoms with Crippen LogP contribution in [0.2, 0.25) is 5.02 Å². The molecular formula is C14H20ClN3O. The third-order valence-electron chi connectivity index (χ3n) is 3.51. The molecule has 1 heterocycles. The largest absolute Gasteiger partial charge is 0.384 e. The molecule has 0 amide bonds. The highest BCUT2D eigenvalue weighted by Crippen LogP contribution is 2.28. The Hall–Kier alpha value is -1.26. The summed E-state index contributed by atoms with van der Waals surface area (Å²) in [7, 11) is 0. The topological polar surface area (TPSA) is 62.3 Å². The van der Waals surface area contributed by atoms with Gasteiger partial charge < -0.3 is 15.4 Å². The summed E-state index contributed by atoms with van der Waals surface area (Å²) in [5.74, 6) is -0.000984. The Labute approximate surface area is 119 Å². The maximum absolute atomic E-state index is 7.46. The number of ether oxygens (including phenoxy) is 1. The zero-order valence-corrected chi connectivity index (χ0v) is 12.1. The number of benzene rings is 1. The van der Waals surface area contributed by atoms with Crippen molar-refractivity contribution in [2.45, 2.75) is 32.4 Å². The van der Waals surface area contributed by atoms with Gasteiger partial charge in [-0.1, -0.05) is 18.5 Å². The number of nitrogens with one attached hydrogen (secondary N) is 1. The van der Waals surface area contributed by atoms with E-state index in [4.69, 9.17) is 27.5 Å². The Morgan fingerprint density at radius 3 is 2.89 bits per heavy atom. The van der Waals surface area contributed by atoms with Gasteiger partial charge in [-0.3, -0.25) is 5.41 Å². The number of rotatable bonds is 3. The fraction of sp³-hybridized carbons (Fsp3) is 0.500. The standard InChI is InChI=1S/C14H20ClN3O/c1-3-10-8-19-9(2)7-18(10)11-4-5-12(14(16)17)13(15)6-11/h4-6,9-10H,3,7-8H2,1-2H3,(H3,16,17). The van der Waals surface area contributed by atoms with Crippen LogP contribution in [0.5, 0.6) is 0 Å². The molecule has 2 rings (SSSR count). The number of nitrogens with two attached hydrogens (primary N) is 1. The third-order valence-corrected chi connectivity index (χ3v) is 3.83. The van der Waals surface area contributed by atoms with Crippen LogP contribution in [-0.2, 0) is 4.74 Å². The van der Waals surface area contributed by atoms with Gasteiger partial charge >= 0.3 is 0 Å². The van der Waals surface area contributed by atoms with Crippen LogP contribution in [0.25, 0.3) is 0 Å². The Morgan fingerprint density at radius 1 is 1.58 bits per heavy atom. The summed E-state index contributed by atoms with van der Waals surface area (Å²) in [6.45, 7) is 5.82. The summed E-state index contributed by atoms with van der Waals surface area (Å²) < 4.78 is 5.70. The summed E-state index contributed by atoms with van der Waals surface area (Å²) >= 11 is 6.19. The van der Waals surface area contributed by atoms with Crippen molar-refractivity contribution < 1.29 is 4.74 Å². The zero-order valence-electron chi connectivity index (χ0n) is 11.3. The lowest BCUT2D eigenvalue weighted by Crippen LogP contribution is -2.48. The highest BCUT2D eigenvalue weighted by molar-refractivity contribution is 6.34. The molecule has 1 fully saturated rings. The van der Waals surface area contributed by atoms with Crippen LogP contribution in [0.3, 0.4) is 0 Å². The summed E-state index contributed by atoms with van der Waals surface area (Å²) in [6, 6.07) is 6.05. The molecule has 0 saturated carbocycles. The molecular weight excluding hydrogens is 262 g/mol. The minimum absolute atomic E-state index is 0.000984. The molecule has 19 heavy (non-hydrogen) atoms. The molecule has 1 aliphatic rings. The van der Waals surface area contributed by atoms with Gasteiger partial charge in [0.05, 0.1) is 23.8 Å². The summed E-state index contributed by atoms with van der Waals surface area (Å²) in [4.78, 5) is 2.32. The van der Waals surface area contributed by atoms with E-state index in [9.17, 15) is 0 Å². The van der Waals surface area contributed by atoms with E-state index in [1.807, 2.05) is 18.2 Å². The average Bonchev–Trinajstić information content (AvgIpc) is 2.38. The lowest BCUT2D eigenvalue weighted by molar-refractivity contribution is 0.0299. The summed E-state index contributed by atoms with van der Waals surface area (Å²) in [6.07, 6.45) is 1.24. The first-order valence-corrected chi connectivity index (χ1v) is 6.93. The van der Waals surface area contributed by atoms with E-state index in [1.54, 1.807) is 0 Å². The first-order valence-electron chi connectivity index (χ1n) is 6.55. The molecule has 0 bridgehead atoms. The van der Waals surface area contributed by atoms with Crippen molar-refractivity contribution in [2.24, 2.45) is 5.73 Å². The predicted octanol–water partition coefficient (Wildman–Crippen LogP) is 2.63. The monoisotopic (exact) mass is 281 g/mol. The molecule has 5 heteroatoms. The van der Waals surface area contributed by atoms with Crippen LogP contribution in [0, 0.1) is 5.41 Å². The van der Waals surface area contributed by atoms with Gasteiger partial charge in [0.15, 0.2) is 0 Å². The quantitative estimate of drug-likeness (QED) is 0.661. The van der Waals surface area contributed by atoms with E-state index >= 15 is 0 Å². The number of amidine groups is 1. The van der Waals surface area contributed by atoms with E-state index in [2.05, 4.69) is 18.7 Å². The van der Waals surface area contributed by atoms with Crippen LogP contribution < -0.4 is 10.6 Å². The van der Waals surface area contributed by atoms with E-state index in [0.717, 1.165) is 25.3 Å². The second-order valence-corrected chi connectivity index (χ2v) is 5.34. The molecule has 0 aliphatic carbocycles. The maximum Gasteiger partial charge on any atom is 0.124 e. The van der Waals surface area contributed by atoms with Crippen LogP contribution in [-0.4, -0.2) is 31.1 Å². The second kappa shape index (κ2) is 5.80. The molecule has 1 aromatic rings. The van der Waals surface area contributed by atoms with Crippen LogP contribution in [0.4, 0.5) is 5.69 Å². The van der Waals surface area contributed by atoms with Crippen molar-refractivity contribution in [3.63, 3.8) is 0 Å². The van der Waals surface area contributed by atoms with Gasteiger partial charge in [0.2, 0.25) is 0 Å². The first-order chi connectivity index (χ1) is 9.02. The molecule has 2 unspecified atom stereocenters. The molecule has 1 aliphatic heterocycles. The molecule has 0 aromatic heterocycles. The van der Waals surface area contributed by atoms with Gasteiger partial charge in [-0.2, -0.15) is 0 Å². The molecule has 1 saturated heterocycles.